The molecule has 0 saturated carbocycles. The van der Waals surface area contributed by atoms with Crippen LogP contribution in [0.25, 0.3) is 0 Å². The first-order valence-corrected chi connectivity index (χ1v) is 3.45. The van der Waals surface area contributed by atoms with Crippen molar-refractivity contribution in [3.05, 3.63) is 22.0 Å². The third-order valence-corrected chi connectivity index (χ3v) is 1.74. The van der Waals surface area contributed by atoms with Crippen LogP contribution in [0.15, 0.2) is 22.0 Å². The molecule has 28 valence electrons. The molecular weight excluding hydrogens is 166 g/mol. The fourth-order valence-corrected chi connectivity index (χ4v) is 1.18. The molecular formula is C4H5KSe. The van der Waals surface area contributed by atoms with Crippen molar-refractivity contribution in [2.24, 2.45) is 0 Å². The molecule has 0 spiro atoms. The van der Waals surface area contributed by atoms with E-state index in [0.717, 1.165) is 0 Å². The van der Waals surface area contributed by atoms with Gasteiger partial charge in [0.1, 0.15) is 0 Å². The maximum atomic E-state index is 2.19. The molecule has 0 bridgehead atoms. The Hall–Kier alpha value is 1.64. The van der Waals surface area contributed by atoms with Crippen molar-refractivity contribution in [3.8, 4) is 0 Å². The van der Waals surface area contributed by atoms with Crippen LogP contribution >= 0.6 is 0 Å². The third kappa shape index (κ3) is 2.75. The number of rotatable bonds is 0. The van der Waals surface area contributed by atoms with E-state index in [4.69, 9.17) is 0 Å². The molecule has 0 aliphatic heterocycles. The zero-order valence-electron chi connectivity index (χ0n) is 4.72. The fraction of sp³-hybridized carbons (Fsp3) is 0. The molecule has 0 aliphatic rings. The Morgan fingerprint density at radius 2 is 1.67 bits per heavy atom. The molecule has 0 aliphatic carbocycles. The predicted molar refractivity (Wildman–Crippen MR) is 24.5 cm³/mol. The van der Waals surface area contributed by atoms with Crippen LogP contribution < -0.4 is 51.4 Å². The van der Waals surface area contributed by atoms with Gasteiger partial charge in [-0.25, -0.2) is 0 Å². The van der Waals surface area contributed by atoms with Gasteiger partial charge in [-0.1, -0.05) is 0 Å². The van der Waals surface area contributed by atoms with Crippen molar-refractivity contribution in [1.29, 1.82) is 0 Å². The molecule has 2 heteroatoms. The molecule has 0 unspecified atom stereocenters. The molecule has 1 rings (SSSR count). The van der Waals surface area contributed by atoms with Gasteiger partial charge in [-0.2, -0.15) is 0 Å². The second-order valence-electron chi connectivity index (χ2n) is 0.793. The van der Waals surface area contributed by atoms with Crippen molar-refractivity contribution in [3.63, 3.8) is 0 Å². The molecule has 0 saturated heterocycles. The average molecular weight is 171 g/mol. The van der Waals surface area contributed by atoms with E-state index in [1.807, 2.05) is 0 Å². The first kappa shape index (κ1) is 7.64. The topological polar surface area (TPSA) is 0 Å². The Labute approximate surface area is 87.6 Å². The zero-order chi connectivity index (χ0) is 3.54. The van der Waals surface area contributed by atoms with Crippen LogP contribution in [-0.2, 0) is 0 Å². The van der Waals surface area contributed by atoms with Gasteiger partial charge in [-0.15, -0.1) is 0 Å². The van der Waals surface area contributed by atoms with Crippen LogP contribution in [0.4, 0.5) is 0 Å². The summed E-state index contributed by atoms with van der Waals surface area (Å²) < 4.78 is 0. The van der Waals surface area contributed by atoms with Crippen LogP contribution in [0.3, 0.4) is 0 Å². The van der Waals surface area contributed by atoms with Crippen LogP contribution in [-0.4, -0.2) is 14.5 Å². The molecule has 1 aromatic rings. The van der Waals surface area contributed by atoms with Crippen molar-refractivity contribution in [2.75, 3.05) is 0 Å². The Morgan fingerprint density at radius 3 is 1.83 bits per heavy atom. The van der Waals surface area contributed by atoms with E-state index in [2.05, 4.69) is 22.0 Å². The Kier molecular flexibility index (Phi) is 6.09. The molecule has 0 amide bonds. The molecule has 0 atom stereocenters. The SMILES string of the molecule is [H-].[K+].c1cc[se]c1. The van der Waals surface area contributed by atoms with Gasteiger partial charge >= 0.3 is 87.9 Å². The van der Waals surface area contributed by atoms with E-state index in [-0.39, 0.29) is 52.8 Å². The van der Waals surface area contributed by atoms with Gasteiger partial charge in [0, 0.05) is 0 Å². The van der Waals surface area contributed by atoms with Crippen LogP contribution in [0, 0.1) is 0 Å². The number of hydrogen-bond donors (Lipinski definition) is 0. The van der Waals surface area contributed by atoms with Crippen molar-refractivity contribution < 1.29 is 52.8 Å². The Morgan fingerprint density at radius 1 is 1.17 bits per heavy atom. The van der Waals surface area contributed by atoms with Crippen LogP contribution in [0.5, 0.6) is 0 Å². The van der Waals surface area contributed by atoms with Gasteiger partial charge in [-0.3, -0.25) is 0 Å². The van der Waals surface area contributed by atoms with Crippen molar-refractivity contribution in [2.45, 2.75) is 0 Å². The molecule has 0 fully saturated rings. The predicted octanol–water partition coefficient (Wildman–Crippen LogP) is -2.14. The first-order chi connectivity index (χ1) is 2.50. The quantitative estimate of drug-likeness (QED) is 0.391. The Balaban J connectivity index is 0. The standard InChI is InChI=1S/C4H4Se.K.H/c1-2-4-5-3-1;;/h1-4H;;/q;+1;-1. The van der Waals surface area contributed by atoms with E-state index in [0.29, 0.717) is 14.5 Å². The van der Waals surface area contributed by atoms with E-state index in [1.165, 1.54) is 0 Å². The molecule has 1 aromatic heterocycles. The zero-order valence-corrected chi connectivity index (χ0v) is 8.55. The maximum absolute atomic E-state index is 2.19. The minimum atomic E-state index is 0. The van der Waals surface area contributed by atoms with Gasteiger partial charge in [0.2, 0.25) is 0 Å². The summed E-state index contributed by atoms with van der Waals surface area (Å²) in [4.78, 5) is 4.38. The van der Waals surface area contributed by atoms with Gasteiger partial charge in [0.05, 0.1) is 0 Å². The van der Waals surface area contributed by atoms with Gasteiger partial charge in [0.15, 0.2) is 0 Å². The normalized spacial score (nSPS) is 6.67. The molecule has 6 heavy (non-hydrogen) atoms. The van der Waals surface area contributed by atoms with Gasteiger partial charge < -0.3 is 1.43 Å². The summed E-state index contributed by atoms with van der Waals surface area (Å²) in [5.74, 6) is 0. The summed E-state index contributed by atoms with van der Waals surface area (Å²) >= 11 is 0.708. The van der Waals surface area contributed by atoms with Crippen LogP contribution in [0.1, 0.15) is 1.43 Å². The molecule has 1 heterocycles. The molecule has 0 N–H and O–H groups in total. The summed E-state index contributed by atoms with van der Waals surface area (Å²) in [5.41, 5.74) is 0. The second-order valence-corrected chi connectivity index (χ2v) is 2.51. The summed E-state index contributed by atoms with van der Waals surface area (Å²) in [5, 5.41) is 0. The molecule has 0 aromatic carbocycles. The summed E-state index contributed by atoms with van der Waals surface area (Å²) in [6.45, 7) is 0. The van der Waals surface area contributed by atoms with E-state index < -0.39 is 0 Å². The molecule has 0 radical (unpaired) electrons. The van der Waals surface area contributed by atoms with E-state index >= 15 is 0 Å². The summed E-state index contributed by atoms with van der Waals surface area (Å²) in [6, 6.07) is 4.17. The third-order valence-electron chi connectivity index (χ3n) is 0.425. The van der Waals surface area contributed by atoms with E-state index in [1.54, 1.807) is 0 Å². The van der Waals surface area contributed by atoms with Crippen molar-refractivity contribution >= 4 is 14.5 Å². The van der Waals surface area contributed by atoms with E-state index in [9.17, 15) is 0 Å². The minimum absolute atomic E-state index is 0. The van der Waals surface area contributed by atoms with Gasteiger partial charge in [0.25, 0.3) is 0 Å². The first-order valence-electron chi connectivity index (χ1n) is 1.47. The van der Waals surface area contributed by atoms with Gasteiger partial charge in [-0.05, 0) is 0 Å². The molecule has 0 nitrogen and oxygen atoms in total. The second kappa shape index (κ2) is 4.79. The Bertz CT molecular complexity index is 68.2. The summed E-state index contributed by atoms with van der Waals surface area (Å²) in [6.07, 6.45) is 0. The number of hydrogen-bond acceptors (Lipinski definition) is 0. The monoisotopic (exact) mass is 172 g/mol. The van der Waals surface area contributed by atoms with Crippen molar-refractivity contribution in [1.82, 2.24) is 0 Å². The average Bonchev–Trinajstić information content (AvgIpc) is 1.76. The fourth-order valence-electron chi connectivity index (χ4n) is 0.227. The van der Waals surface area contributed by atoms with Crippen LogP contribution in [0.2, 0.25) is 0 Å². The summed E-state index contributed by atoms with van der Waals surface area (Å²) in [7, 11) is 0.